The molecule has 0 radical (unpaired) electrons. The number of alkyl halides is 3. The fraction of sp³-hybridized carbons (Fsp3) is 0.480. The van der Waals surface area contributed by atoms with Crippen LogP contribution in [0.2, 0.25) is 5.02 Å². The van der Waals surface area contributed by atoms with Gasteiger partial charge in [0.25, 0.3) is 5.91 Å². The Morgan fingerprint density at radius 2 is 1.93 bits per heavy atom. The third kappa shape index (κ3) is 7.94. The van der Waals surface area contributed by atoms with Crippen LogP contribution in [0.3, 0.4) is 0 Å². The zero-order valence-electron chi connectivity index (χ0n) is 22.1. The Bertz CT molecular complexity index is 1410. The number of nitrogens with zero attached hydrogens (tertiary/aromatic N) is 4. The number of hydrogen-bond acceptors (Lipinski definition) is 9. The molecule has 0 saturated carbocycles. The van der Waals surface area contributed by atoms with Crippen LogP contribution in [0.4, 0.5) is 22.4 Å². The summed E-state index contributed by atoms with van der Waals surface area (Å²) < 4.78 is 70.3. The lowest BCUT2D eigenvalue weighted by atomic mass is 9.98. The Labute approximate surface area is 236 Å². The lowest BCUT2D eigenvalue weighted by Gasteiger charge is -2.38. The number of halogens is 5. The summed E-state index contributed by atoms with van der Waals surface area (Å²) in [6.07, 6.45) is -4.02. The molecule has 1 saturated heterocycles. The molecule has 1 N–H and O–H groups in total. The predicted octanol–water partition coefficient (Wildman–Crippen LogP) is 5.20. The first-order chi connectivity index (χ1) is 19.2. The number of amides is 2. The number of benzene rings is 1. The monoisotopic (exact) mass is 603 g/mol. The fourth-order valence-corrected chi connectivity index (χ4v) is 4.25. The van der Waals surface area contributed by atoms with Crippen molar-refractivity contribution in [3.8, 4) is 6.08 Å². The van der Waals surface area contributed by atoms with E-state index >= 15 is 0 Å². The highest BCUT2D eigenvalue weighted by Crippen LogP contribution is 2.33. The number of piperidine rings is 1. The van der Waals surface area contributed by atoms with E-state index in [9.17, 15) is 27.2 Å². The van der Waals surface area contributed by atoms with E-state index in [2.05, 4.69) is 25.2 Å². The maximum absolute atomic E-state index is 14.2. The summed E-state index contributed by atoms with van der Waals surface area (Å²) in [6.45, 7) is 3.79. The van der Waals surface area contributed by atoms with Crippen molar-refractivity contribution in [1.29, 1.82) is 0 Å². The number of aromatic nitrogens is 3. The van der Waals surface area contributed by atoms with E-state index in [1.54, 1.807) is 26.8 Å². The van der Waals surface area contributed by atoms with E-state index in [0.717, 1.165) is 0 Å². The van der Waals surface area contributed by atoms with Gasteiger partial charge in [0.2, 0.25) is 5.89 Å². The van der Waals surface area contributed by atoms with Gasteiger partial charge in [0.1, 0.15) is 23.8 Å². The number of fused-ring (bicyclic) bond motifs is 1. The smallest absolute Gasteiger partial charge is 0.447 e. The van der Waals surface area contributed by atoms with Crippen molar-refractivity contribution in [1.82, 2.24) is 25.4 Å². The maximum Gasteiger partial charge on any atom is 0.522 e. The SMILES string of the molecule is CC(C)(C)OC(=O)N1C[C@@H](NC(=O)c2cnc3c(F)c(Cl)ccc3c2)CC[C@@H]1c1nnc(OCCOC(F)(F)F)o1. The van der Waals surface area contributed by atoms with Gasteiger partial charge < -0.3 is 19.2 Å². The van der Waals surface area contributed by atoms with Gasteiger partial charge in [-0.3, -0.25) is 19.4 Å². The van der Waals surface area contributed by atoms with E-state index < -0.39 is 61.2 Å². The van der Waals surface area contributed by atoms with Crippen LogP contribution >= 0.6 is 11.6 Å². The number of carbonyl (C=O) groups is 2. The lowest BCUT2D eigenvalue weighted by Crippen LogP contribution is -2.52. The quantitative estimate of drug-likeness (QED) is 0.286. The summed E-state index contributed by atoms with van der Waals surface area (Å²) in [6, 6.07) is 3.12. The fourth-order valence-electron chi connectivity index (χ4n) is 4.10. The molecular formula is C25H26ClF4N5O6. The average Bonchev–Trinajstić information content (AvgIpc) is 3.36. The molecule has 0 aliphatic carbocycles. The topological polar surface area (TPSA) is 129 Å². The van der Waals surface area contributed by atoms with Crippen molar-refractivity contribution in [3.05, 3.63) is 46.7 Å². The van der Waals surface area contributed by atoms with Crippen LogP contribution in [0.15, 0.2) is 28.8 Å². The molecule has 11 nitrogen and oxygen atoms in total. The van der Waals surface area contributed by atoms with Gasteiger partial charge in [0, 0.05) is 24.2 Å². The van der Waals surface area contributed by atoms with Crippen LogP contribution in [0, 0.1) is 5.82 Å². The zero-order valence-corrected chi connectivity index (χ0v) is 22.9. The molecule has 1 aromatic carbocycles. The minimum absolute atomic E-state index is 0.00849. The number of ether oxygens (including phenoxy) is 3. The first-order valence-electron chi connectivity index (χ1n) is 12.4. The summed E-state index contributed by atoms with van der Waals surface area (Å²) in [5.74, 6) is -1.20. The molecule has 4 rings (SSSR count). The number of carbonyl (C=O) groups excluding carboxylic acids is 2. The lowest BCUT2D eigenvalue weighted by molar-refractivity contribution is -0.325. The van der Waals surface area contributed by atoms with Gasteiger partial charge in [-0.1, -0.05) is 22.8 Å². The van der Waals surface area contributed by atoms with Crippen LogP contribution in [-0.2, 0) is 9.47 Å². The Kier molecular flexibility index (Phi) is 8.87. The molecule has 0 spiro atoms. The highest BCUT2D eigenvalue weighted by molar-refractivity contribution is 6.31. The first-order valence-corrected chi connectivity index (χ1v) is 12.8. The summed E-state index contributed by atoms with van der Waals surface area (Å²) in [4.78, 5) is 31.5. The number of hydrogen-bond donors (Lipinski definition) is 1. The first kappa shape index (κ1) is 30.2. The van der Waals surface area contributed by atoms with Crippen LogP contribution in [0.25, 0.3) is 10.9 Å². The largest absolute Gasteiger partial charge is 0.522 e. The van der Waals surface area contributed by atoms with E-state index in [1.165, 1.54) is 23.2 Å². The summed E-state index contributed by atoms with van der Waals surface area (Å²) in [5.41, 5.74) is -0.631. The Morgan fingerprint density at radius 1 is 1.17 bits per heavy atom. The second-order valence-corrected chi connectivity index (χ2v) is 10.5. The summed E-state index contributed by atoms with van der Waals surface area (Å²) >= 11 is 5.80. The number of rotatable bonds is 7. The van der Waals surface area contributed by atoms with Gasteiger partial charge in [0.15, 0.2) is 5.82 Å². The molecule has 0 bridgehead atoms. The summed E-state index contributed by atoms with van der Waals surface area (Å²) in [7, 11) is 0. The van der Waals surface area contributed by atoms with Crippen LogP contribution in [0.5, 0.6) is 6.08 Å². The van der Waals surface area contributed by atoms with Crippen LogP contribution in [-0.4, -0.2) is 69.8 Å². The molecule has 3 aromatic rings. The summed E-state index contributed by atoms with van der Waals surface area (Å²) in [5, 5.41) is 10.7. The van der Waals surface area contributed by atoms with Crippen molar-refractivity contribution < 1.29 is 45.8 Å². The number of pyridine rings is 1. The van der Waals surface area contributed by atoms with Gasteiger partial charge in [-0.2, -0.15) is 0 Å². The highest BCUT2D eigenvalue weighted by Gasteiger charge is 2.39. The third-order valence-electron chi connectivity index (χ3n) is 5.83. The maximum atomic E-state index is 14.2. The molecule has 1 aliphatic heterocycles. The third-order valence-corrected chi connectivity index (χ3v) is 6.12. The Morgan fingerprint density at radius 3 is 2.63 bits per heavy atom. The van der Waals surface area contributed by atoms with Crippen molar-refractivity contribution in [2.24, 2.45) is 0 Å². The standard InChI is InChI=1S/C25H26ClF4N5O6/c1-24(2,3)41-23(37)35-12-15(32-20(36)14-10-13-4-6-16(26)18(27)19(13)31-11-14)5-7-17(35)21-33-34-22(40-21)38-8-9-39-25(28,29)30/h4,6,10-11,15,17H,5,7-9,12H2,1-3H3,(H,32,36)/t15-,17+/m0/s1. The van der Waals surface area contributed by atoms with Gasteiger partial charge in [0.05, 0.1) is 17.2 Å². The number of nitrogens with one attached hydrogen (secondary N) is 1. The molecule has 2 aromatic heterocycles. The minimum Gasteiger partial charge on any atom is -0.447 e. The van der Waals surface area contributed by atoms with E-state index in [-0.39, 0.29) is 35.0 Å². The average molecular weight is 604 g/mol. The van der Waals surface area contributed by atoms with Gasteiger partial charge in [-0.25, -0.2) is 9.18 Å². The van der Waals surface area contributed by atoms with Gasteiger partial charge in [-0.15, -0.1) is 18.3 Å². The highest BCUT2D eigenvalue weighted by atomic mass is 35.5. The zero-order chi connectivity index (χ0) is 29.9. The normalized spacial score (nSPS) is 17.9. The van der Waals surface area contributed by atoms with Crippen molar-refractivity contribution in [3.63, 3.8) is 0 Å². The van der Waals surface area contributed by atoms with Crippen molar-refractivity contribution in [2.45, 2.75) is 57.7 Å². The molecule has 1 fully saturated rings. The van der Waals surface area contributed by atoms with Crippen LogP contribution in [0.1, 0.15) is 55.9 Å². The Hall–Kier alpha value is -3.72. The van der Waals surface area contributed by atoms with E-state index in [1.807, 2.05) is 0 Å². The second-order valence-electron chi connectivity index (χ2n) is 10.1. The van der Waals surface area contributed by atoms with Crippen molar-refractivity contribution in [2.75, 3.05) is 19.8 Å². The van der Waals surface area contributed by atoms with Gasteiger partial charge in [-0.05, 0) is 45.7 Å². The van der Waals surface area contributed by atoms with E-state index in [0.29, 0.717) is 11.8 Å². The van der Waals surface area contributed by atoms with Gasteiger partial charge >= 0.3 is 18.5 Å². The Balaban J connectivity index is 1.45. The molecular weight excluding hydrogens is 578 g/mol. The molecule has 222 valence electrons. The molecule has 41 heavy (non-hydrogen) atoms. The molecule has 16 heteroatoms. The van der Waals surface area contributed by atoms with Crippen LogP contribution < -0.4 is 10.1 Å². The van der Waals surface area contributed by atoms with E-state index in [4.69, 9.17) is 25.5 Å². The second kappa shape index (κ2) is 12.0. The minimum atomic E-state index is -4.80. The molecule has 2 atom stereocenters. The molecule has 1 aliphatic rings. The molecule has 3 heterocycles. The predicted molar refractivity (Wildman–Crippen MR) is 135 cm³/mol. The number of likely N-dealkylation sites (tertiary alicyclic amines) is 1. The molecule has 2 amide bonds. The molecule has 0 unspecified atom stereocenters. The van der Waals surface area contributed by atoms with Crippen molar-refractivity contribution >= 4 is 34.5 Å².